The summed E-state index contributed by atoms with van der Waals surface area (Å²) in [6, 6.07) is 12.0. The summed E-state index contributed by atoms with van der Waals surface area (Å²) in [7, 11) is 0. The summed E-state index contributed by atoms with van der Waals surface area (Å²) in [5.74, 6) is -0.214. The number of fused-ring (bicyclic) bond motifs is 2. The van der Waals surface area contributed by atoms with Crippen LogP contribution < -0.4 is 0 Å². The van der Waals surface area contributed by atoms with E-state index in [9.17, 15) is 9.90 Å². The number of aromatic carboxylic acids is 1. The highest BCUT2D eigenvalue weighted by molar-refractivity contribution is 9.10. The molecule has 1 aliphatic rings. The molecule has 3 heterocycles. The third-order valence-electron chi connectivity index (χ3n) is 5.37. The van der Waals surface area contributed by atoms with Gasteiger partial charge < -0.3 is 9.67 Å². The molecule has 1 N–H and O–H groups in total. The van der Waals surface area contributed by atoms with E-state index in [2.05, 4.69) is 44.8 Å². The van der Waals surface area contributed by atoms with E-state index in [4.69, 9.17) is 5.10 Å². The lowest BCUT2D eigenvalue weighted by Crippen LogP contribution is -2.02. The van der Waals surface area contributed by atoms with Crippen LogP contribution in [0.15, 0.2) is 47.1 Å². The zero-order valence-corrected chi connectivity index (χ0v) is 16.4. The molecule has 0 atom stereocenters. The topological polar surface area (TPSA) is 59.5 Å². The maximum atomic E-state index is 11.3. The number of halogens is 1. The van der Waals surface area contributed by atoms with Crippen LogP contribution in [0.1, 0.15) is 28.8 Å². The molecule has 0 spiro atoms. The molecule has 1 saturated carbocycles. The van der Waals surface area contributed by atoms with Gasteiger partial charge in [0.05, 0.1) is 16.8 Å². The number of aryl methyl sites for hydroxylation is 1. The SMILES string of the molecule is Cc1c(-c2cc3ccc(Br)cc3n2CC2CC2)nn2cc(C(=O)O)ccc12. The van der Waals surface area contributed by atoms with Gasteiger partial charge in [0.1, 0.15) is 5.69 Å². The van der Waals surface area contributed by atoms with Gasteiger partial charge in [-0.05, 0) is 56.0 Å². The van der Waals surface area contributed by atoms with Crippen LogP contribution in [0.25, 0.3) is 27.8 Å². The summed E-state index contributed by atoms with van der Waals surface area (Å²) >= 11 is 3.59. The average Bonchev–Trinajstić information content (AvgIpc) is 3.32. The van der Waals surface area contributed by atoms with Crippen molar-refractivity contribution in [3.8, 4) is 11.4 Å². The Bertz CT molecular complexity index is 1220. The highest BCUT2D eigenvalue weighted by Gasteiger charge is 2.25. The van der Waals surface area contributed by atoms with E-state index in [0.29, 0.717) is 0 Å². The lowest BCUT2D eigenvalue weighted by atomic mass is 10.1. The second-order valence-corrected chi connectivity index (χ2v) is 8.23. The number of carboxylic acids is 1. The second-order valence-electron chi connectivity index (χ2n) is 7.31. The van der Waals surface area contributed by atoms with E-state index >= 15 is 0 Å². The van der Waals surface area contributed by atoms with Gasteiger partial charge >= 0.3 is 5.97 Å². The number of rotatable bonds is 4. The predicted molar refractivity (Wildman–Crippen MR) is 108 cm³/mol. The molecule has 0 unspecified atom stereocenters. The first-order valence-corrected chi connectivity index (χ1v) is 9.82. The minimum absolute atomic E-state index is 0.235. The summed E-state index contributed by atoms with van der Waals surface area (Å²) in [5, 5.41) is 15.2. The number of hydrogen-bond donors (Lipinski definition) is 1. The van der Waals surface area contributed by atoms with Crippen molar-refractivity contribution in [2.75, 3.05) is 0 Å². The molecule has 0 radical (unpaired) electrons. The average molecular weight is 424 g/mol. The monoisotopic (exact) mass is 423 g/mol. The van der Waals surface area contributed by atoms with Gasteiger partial charge in [0.15, 0.2) is 0 Å². The van der Waals surface area contributed by atoms with Crippen molar-refractivity contribution in [2.45, 2.75) is 26.3 Å². The van der Waals surface area contributed by atoms with E-state index in [-0.39, 0.29) is 5.56 Å². The van der Waals surface area contributed by atoms with Crippen molar-refractivity contribution >= 4 is 38.3 Å². The molecule has 4 aromatic rings. The molecule has 0 aliphatic heterocycles. The minimum atomic E-state index is -0.945. The molecule has 1 fully saturated rings. The second kappa shape index (κ2) is 5.96. The van der Waals surface area contributed by atoms with E-state index in [1.807, 2.05) is 13.0 Å². The number of hydrogen-bond acceptors (Lipinski definition) is 2. The number of pyridine rings is 1. The summed E-state index contributed by atoms with van der Waals surface area (Å²) < 4.78 is 5.11. The summed E-state index contributed by atoms with van der Waals surface area (Å²) in [6.45, 7) is 3.04. The largest absolute Gasteiger partial charge is 0.478 e. The molecule has 0 amide bonds. The zero-order valence-electron chi connectivity index (χ0n) is 14.8. The van der Waals surface area contributed by atoms with Gasteiger partial charge in [-0.1, -0.05) is 22.0 Å². The lowest BCUT2D eigenvalue weighted by molar-refractivity contribution is 0.0696. The fraction of sp³-hybridized carbons (Fsp3) is 0.238. The van der Waals surface area contributed by atoms with Crippen LogP contribution in [0.2, 0.25) is 0 Å². The molecule has 3 aromatic heterocycles. The first kappa shape index (κ1) is 16.6. The van der Waals surface area contributed by atoms with Crippen LogP contribution >= 0.6 is 15.9 Å². The summed E-state index contributed by atoms with van der Waals surface area (Å²) in [5.41, 5.74) is 5.43. The third kappa shape index (κ3) is 2.75. The van der Waals surface area contributed by atoms with Crippen LogP contribution in [0.5, 0.6) is 0 Å². The molecule has 6 heteroatoms. The van der Waals surface area contributed by atoms with Crippen LogP contribution in [-0.4, -0.2) is 25.3 Å². The summed E-state index contributed by atoms with van der Waals surface area (Å²) in [4.78, 5) is 11.3. The van der Waals surface area contributed by atoms with Gasteiger partial charge in [-0.2, -0.15) is 5.10 Å². The Hall–Kier alpha value is -2.60. The van der Waals surface area contributed by atoms with Gasteiger partial charge in [0.2, 0.25) is 0 Å². The quantitative estimate of drug-likeness (QED) is 0.494. The Labute approximate surface area is 164 Å². The van der Waals surface area contributed by atoms with Crippen molar-refractivity contribution in [2.24, 2.45) is 5.92 Å². The molecule has 136 valence electrons. The van der Waals surface area contributed by atoms with Gasteiger partial charge in [-0.15, -0.1) is 0 Å². The lowest BCUT2D eigenvalue weighted by Gasteiger charge is -2.09. The molecule has 5 rings (SSSR count). The number of carboxylic acid groups (broad SMARTS) is 1. The van der Waals surface area contributed by atoms with E-state index in [1.165, 1.54) is 23.7 Å². The molecule has 27 heavy (non-hydrogen) atoms. The van der Waals surface area contributed by atoms with E-state index in [0.717, 1.165) is 39.4 Å². The van der Waals surface area contributed by atoms with Crippen LogP contribution in [0.4, 0.5) is 0 Å². The first-order valence-electron chi connectivity index (χ1n) is 9.03. The van der Waals surface area contributed by atoms with E-state index in [1.54, 1.807) is 16.8 Å². The number of aromatic nitrogens is 3. The van der Waals surface area contributed by atoms with Crippen molar-refractivity contribution in [1.29, 1.82) is 0 Å². The van der Waals surface area contributed by atoms with Gasteiger partial charge in [-0.25, -0.2) is 9.31 Å². The van der Waals surface area contributed by atoms with Crippen molar-refractivity contribution in [3.63, 3.8) is 0 Å². The van der Waals surface area contributed by atoms with Crippen molar-refractivity contribution in [3.05, 3.63) is 58.2 Å². The number of benzene rings is 1. The van der Waals surface area contributed by atoms with Gasteiger partial charge in [-0.3, -0.25) is 0 Å². The van der Waals surface area contributed by atoms with Crippen LogP contribution in [0, 0.1) is 12.8 Å². The maximum absolute atomic E-state index is 11.3. The Balaban J connectivity index is 1.74. The highest BCUT2D eigenvalue weighted by Crippen LogP contribution is 2.37. The molecular weight excluding hydrogens is 406 g/mol. The fourth-order valence-electron chi connectivity index (χ4n) is 3.72. The van der Waals surface area contributed by atoms with Gasteiger partial charge in [0.25, 0.3) is 0 Å². The van der Waals surface area contributed by atoms with Crippen LogP contribution in [-0.2, 0) is 6.54 Å². The Morgan fingerprint density at radius 2 is 2.04 bits per heavy atom. The Morgan fingerprint density at radius 3 is 2.78 bits per heavy atom. The number of carbonyl (C=O) groups is 1. The normalized spacial score (nSPS) is 14.3. The van der Waals surface area contributed by atoms with Crippen molar-refractivity contribution < 1.29 is 9.90 Å². The smallest absolute Gasteiger partial charge is 0.337 e. The zero-order chi connectivity index (χ0) is 18.7. The minimum Gasteiger partial charge on any atom is -0.478 e. The van der Waals surface area contributed by atoms with E-state index < -0.39 is 5.97 Å². The van der Waals surface area contributed by atoms with Crippen molar-refractivity contribution in [1.82, 2.24) is 14.2 Å². The van der Waals surface area contributed by atoms with Gasteiger partial charge in [0, 0.05) is 33.7 Å². The molecule has 1 aliphatic carbocycles. The molecule has 0 bridgehead atoms. The Morgan fingerprint density at radius 1 is 1.22 bits per heavy atom. The fourth-order valence-corrected chi connectivity index (χ4v) is 4.07. The highest BCUT2D eigenvalue weighted by atomic mass is 79.9. The first-order chi connectivity index (χ1) is 13.0. The Kier molecular flexibility index (Phi) is 3.65. The maximum Gasteiger partial charge on any atom is 0.337 e. The number of nitrogens with zero attached hydrogens (tertiary/aromatic N) is 3. The predicted octanol–water partition coefficient (Wildman–Crippen LogP) is 5.14. The molecule has 0 saturated heterocycles. The van der Waals surface area contributed by atoms with Crippen LogP contribution in [0.3, 0.4) is 0 Å². The third-order valence-corrected chi connectivity index (χ3v) is 5.86. The molecule has 1 aromatic carbocycles. The summed E-state index contributed by atoms with van der Waals surface area (Å²) in [6.07, 6.45) is 4.14. The molecular formula is C21H18BrN3O2. The standard InChI is InChI=1S/C21H18BrN3O2/c1-12-17-7-5-15(21(26)27)11-25(17)23-20(12)19-8-14-4-6-16(22)9-18(14)24(19)10-13-2-3-13/h4-9,11,13H,2-3,10H2,1H3,(H,26,27). The molecule has 5 nitrogen and oxygen atoms in total.